The molecule has 2 fully saturated rings. The molecule has 10 heteroatoms. The van der Waals surface area contributed by atoms with Gasteiger partial charge in [0.05, 0.1) is 13.2 Å². The molecule has 3 rings (SSSR count). The number of aryl methyl sites for hydroxylation is 1. The first kappa shape index (κ1) is 26.3. The molecule has 1 aromatic rings. The predicted molar refractivity (Wildman–Crippen MR) is 129 cm³/mol. The number of sulfonamides is 1. The first-order valence-corrected chi connectivity index (χ1v) is 13.3. The maximum Gasteiger partial charge on any atom is 0.321 e. The first-order valence-electron chi connectivity index (χ1n) is 11.8. The Bertz CT molecular complexity index is 949. The molecule has 9 nitrogen and oxygen atoms in total. The monoisotopic (exact) mass is 493 g/mol. The van der Waals surface area contributed by atoms with Crippen LogP contribution in [0.15, 0.2) is 29.7 Å². The zero-order chi connectivity index (χ0) is 24.4. The Morgan fingerprint density at radius 1 is 1.12 bits per heavy atom. The van der Waals surface area contributed by atoms with Gasteiger partial charge >= 0.3 is 5.97 Å². The van der Waals surface area contributed by atoms with Crippen molar-refractivity contribution in [2.45, 2.75) is 44.6 Å². The van der Waals surface area contributed by atoms with Gasteiger partial charge in [-0.05, 0) is 31.4 Å². The standard InChI is InChI=1S/C24H35N3O6S/c1-20-5-7-21(8-6-20)9-16-34(30,31)26-17-23(29)33-18-22(28)25-19-24(10-3-2-4-11-24)27-12-14-32-15-13-27/h5-9,16,26H,2-4,10-15,17-19H2,1H3,(H,25,28)/b16-9+. The highest BCUT2D eigenvalue weighted by molar-refractivity contribution is 7.92. The van der Waals surface area contributed by atoms with Crippen LogP contribution >= 0.6 is 0 Å². The quantitative estimate of drug-likeness (QED) is 0.476. The van der Waals surface area contributed by atoms with Gasteiger partial charge in [0, 0.05) is 30.6 Å². The zero-order valence-electron chi connectivity index (χ0n) is 19.8. The van der Waals surface area contributed by atoms with Crippen LogP contribution in [0.1, 0.15) is 43.2 Å². The third-order valence-electron chi connectivity index (χ3n) is 6.38. The molecule has 1 aliphatic carbocycles. The Hall–Kier alpha value is -2.27. The van der Waals surface area contributed by atoms with Crippen LogP contribution in [0.3, 0.4) is 0 Å². The van der Waals surface area contributed by atoms with Crippen LogP contribution in [0.4, 0.5) is 0 Å². The molecule has 1 aromatic carbocycles. The van der Waals surface area contributed by atoms with E-state index in [-0.39, 0.29) is 5.54 Å². The Morgan fingerprint density at radius 3 is 2.47 bits per heavy atom. The van der Waals surface area contributed by atoms with Gasteiger partial charge in [-0.15, -0.1) is 0 Å². The minimum Gasteiger partial charge on any atom is -0.455 e. The normalized spacial score (nSPS) is 19.1. The van der Waals surface area contributed by atoms with Crippen LogP contribution in [0.2, 0.25) is 0 Å². The molecule has 1 heterocycles. The van der Waals surface area contributed by atoms with Crippen molar-refractivity contribution in [3.8, 4) is 0 Å². The lowest BCUT2D eigenvalue weighted by molar-refractivity contribution is -0.147. The van der Waals surface area contributed by atoms with E-state index >= 15 is 0 Å². The van der Waals surface area contributed by atoms with Crippen molar-refractivity contribution in [2.24, 2.45) is 0 Å². The number of hydrogen-bond donors (Lipinski definition) is 2. The summed E-state index contributed by atoms with van der Waals surface area (Å²) >= 11 is 0. The average Bonchev–Trinajstić information content (AvgIpc) is 2.86. The van der Waals surface area contributed by atoms with E-state index in [9.17, 15) is 18.0 Å². The summed E-state index contributed by atoms with van der Waals surface area (Å²) in [6, 6.07) is 7.34. The Morgan fingerprint density at radius 2 is 1.79 bits per heavy atom. The van der Waals surface area contributed by atoms with Crippen LogP contribution in [0, 0.1) is 6.92 Å². The summed E-state index contributed by atoms with van der Waals surface area (Å²) in [4.78, 5) is 26.7. The van der Waals surface area contributed by atoms with Crippen LogP contribution in [0.5, 0.6) is 0 Å². The topological polar surface area (TPSA) is 114 Å². The van der Waals surface area contributed by atoms with Crippen LogP contribution in [-0.2, 0) is 29.1 Å². The molecule has 0 aromatic heterocycles. The van der Waals surface area contributed by atoms with Crippen LogP contribution in [-0.4, -0.2) is 76.7 Å². The average molecular weight is 494 g/mol. The van der Waals surface area contributed by atoms with Crippen molar-refractivity contribution in [3.05, 3.63) is 40.8 Å². The molecule has 1 aliphatic heterocycles. The largest absolute Gasteiger partial charge is 0.455 e. The van der Waals surface area contributed by atoms with E-state index in [0.29, 0.717) is 19.8 Å². The number of esters is 1. The van der Waals surface area contributed by atoms with Gasteiger partial charge in [0.1, 0.15) is 6.54 Å². The second kappa shape index (κ2) is 12.4. The number of nitrogens with one attached hydrogen (secondary N) is 2. The van der Waals surface area contributed by atoms with Crippen molar-refractivity contribution >= 4 is 28.0 Å². The summed E-state index contributed by atoms with van der Waals surface area (Å²) in [5.74, 6) is -1.21. The second-order valence-corrected chi connectivity index (χ2v) is 10.6. The number of nitrogens with zero attached hydrogens (tertiary/aromatic N) is 1. The fourth-order valence-electron chi connectivity index (χ4n) is 4.42. The number of hydrogen-bond acceptors (Lipinski definition) is 7. The number of ether oxygens (including phenoxy) is 2. The SMILES string of the molecule is Cc1ccc(/C=C/S(=O)(=O)NCC(=O)OCC(=O)NCC2(N3CCOCC3)CCCCC2)cc1. The lowest BCUT2D eigenvalue weighted by Gasteiger charge is -2.48. The molecular formula is C24H35N3O6S. The fourth-order valence-corrected chi connectivity index (χ4v) is 5.17. The van der Waals surface area contributed by atoms with E-state index in [4.69, 9.17) is 9.47 Å². The zero-order valence-corrected chi connectivity index (χ0v) is 20.6. The van der Waals surface area contributed by atoms with Crippen molar-refractivity contribution in [1.29, 1.82) is 0 Å². The van der Waals surface area contributed by atoms with Gasteiger partial charge < -0.3 is 14.8 Å². The lowest BCUT2D eigenvalue weighted by Crippen LogP contribution is -2.59. The van der Waals surface area contributed by atoms with Gasteiger partial charge in [0.2, 0.25) is 10.0 Å². The molecular weight excluding hydrogens is 458 g/mol. The number of amides is 1. The summed E-state index contributed by atoms with van der Waals surface area (Å²) in [5, 5.41) is 3.91. The number of rotatable bonds is 10. The van der Waals surface area contributed by atoms with Crippen molar-refractivity contribution in [3.63, 3.8) is 0 Å². The molecule has 2 aliphatic rings. The number of morpholine rings is 1. The molecule has 0 spiro atoms. The predicted octanol–water partition coefficient (Wildman–Crippen LogP) is 1.58. The Kier molecular flexibility index (Phi) is 9.63. The van der Waals surface area contributed by atoms with Crippen LogP contribution in [0.25, 0.3) is 6.08 Å². The maximum atomic E-state index is 12.3. The molecule has 0 unspecified atom stereocenters. The van der Waals surface area contributed by atoms with Gasteiger partial charge in [-0.2, -0.15) is 0 Å². The Balaban J connectivity index is 1.40. The molecule has 34 heavy (non-hydrogen) atoms. The highest BCUT2D eigenvalue weighted by atomic mass is 32.2. The summed E-state index contributed by atoms with van der Waals surface area (Å²) < 4.78 is 36.7. The van der Waals surface area contributed by atoms with Gasteiger partial charge in [-0.1, -0.05) is 49.1 Å². The van der Waals surface area contributed by atoms with E-state index in [1.54, 1.807) is 12.1 Å². The number of carbonyl (C=O) groups is 2. The minimum atomic E-state index is -3.82. The fraction of sp³-hybridized carbons (Fsp3) is 0.583. The smallest absolute Gasteiger partial charge is 0.321 e. The van der Waals surface area contributed by atoms with Crippen LogP contribution < -0.4 is 10.0 Å². The van der Waals surface area contributed by atoms with Gasteiger partial charge in [0.15, 0.2) is 6.61 Å². The maximum absolute atomic E-state index is 12.3. The minimum absolute atomic E-state index is 0.0822. The van der Waals surface area contributed by atoms with Crippen molar-refractivity contribution < 1.29 is 27.5 Å². The van der Waals surface area contributed by atoms with Gasteiger partial charge in [-0.3, -0.25) is 14.5 Å². The van der Waals surface area contributed by atoms with E-state index in [1.165, 1.54) is 12.5 Å². The van der Waals surface area contributed by atoms with Gasteiger partial charge in [0.25, 0.3) is 5.91 Å². The van der Waals surface area contributed by atoms with E-state index in [2.05, 4.69) is 14.9 Å². The van der Waals surface area contributed by atoms with Gasteiger partial charge in [-0.25, -0.2) is 13.1 Å². The molecule has 1 saturated carbocycles. The summed E-state index contributed by atoms with van der Waals surface area (Å²) in [6.45, 7) is 4.54. The molecule has 1 amide bonds. The summed E-state index contributed by atoms with van der Waals surface area (Å²) in [5.41, 5.74) is 1.71. The Labute approximate surface area is 201 Å². The molecule has 0 atom stereocenters. The molecule has 188 valence electrons. The lowest BCUT2D eigenvalue weighted by atomic mass is 9.79. The first-order chi connectivity index (χ1) is 16.3. The van der Waals surface area contributed by atoms with E-state index in [0.717, 1.165) is 55.3 Å². The molecule has 1 saturated heterocycles. The van der Waals surface area contributed by atoms with Crippen molar-refractivity contribution in [2.75, 3.05) is 46.0 Å². The van der Waals surface area contributed by atoms with E-state index < -0.39 is 35.1 Å². The third-order valence-corrected chi connectivity index (χ3v) is 7.42. The van der Waals surface area contributed by atoms with Crippen molar-refractivity contribution in [1.82, 2.24) is 14.9 Å². The molecule has 2 N–H and O–H groups in total. The second-order valence-electron chi connectivity index (χ2n) is 8.90. The summed E-state index contributed by atoms with van der Waals surface area (Å²) in [7, 11) is -3.82. The molecule has 0 bridgehead atoms. The molecule has 0 radical (unpaired) electrons. The summed E-state index contributed by atoms with van der Waals surface area (Å²) in [6.07, 6.45) is 6.93. The highest BCUT2D eigenvalue weighted by Crippen LogP contribution is 2.33. The number of carbonyl (C=O) groups excluding carboxylic acids is 2. The third kappa shape index (κ3) is 8.19. The number of benzene rings is 1. The highest BCUT2D eigenvalue weighted by Gasteiger charge is 2.38. The van der Waals surface area contributed by atoms with E-state index in [1.807, 2.05) is 19.1 Å².